The van der Waals surface area contributed by atoms with Gasteiger partial charge in [0.25, 0.3) is 0 Å². The molecule has 1 nitrogen and oxygen atoms in total. The fourth-order valence-corrected chi connectivity index (χ4v) is 4.60. The van der Waals surface area contributed by atoms with Crippen molar-refractivity contribution < 1.29 is 9.13 Å². The summed E-state index contributed by atoms with van der Waals surface area (Å²) in [6, 6.07) is 17.1. The van der Waals surface area contributed by atoms with E-state index in [1.54, 1.807) is 0 Å². The molecule has 0 N–H and O–H groups in total. The van der Waals surface area contributed by atoms with Crippen LogP contribution in [0.4, 0.5) is 4.39 Å². The van der Waals surface area contributed by atoms with Crippen molar-refractivity contribution in [2.75, 3.05) is 0 Å². The van der Waals surface area contributed by atoms with Crippen molar-refractivity contribution in [3.05, 3.63) is 88.4 Å². The summed E-state index contributed by atoms with van der Waals surface area (Å²) in [5, 5.41) is 0. The maximum atomic E-state index is 13.5. The van der Waals surface area contributed by atoms with Gasteiger partial charge in [0.05, 0.1) is 3.58 Å². The molecule has 2 aromatic rings. The third-order valence-corrected chi connectivity index (χ3v) is 6.25. The zero-order valence-electron chi connectivity index (χ0n) is 16.2. The first kappa shape index (κ1) is 20.1. The van der Waals surface area contributed by atoms with Gasteiger partial charge in [0, 0.05) is 0 Å². The second kappa shape index (κ2) is 8.59. The van der Waals surface area contributed by atoms with Gasteiger partial charge >= 0.3 is 0 Å². The van der Waals surface area contributed by atoms with E-state index in [0.29, 0.717) is 0 Å². The highest BCUT2D eigenvalue weighted by Crippen LogP contribution is 2.51. The lowest BCUT2D eigenvalue weighted by Crippen LogP contribution is -2.24. The first-order valence-corrected chi connectivity index (χ1v) is 10.7. The Labute approximate surface area is 175 Å². The number of halogens is 2. The minimum absolute atomic E-state index is 0.218. The van der Waals surface area contributed by atoms with Gasteiger partial charge in [-0.15, -0.1) is 0 Å². The van der Waals surface area contributed by atoms with Gasteiger partial charge in [0.1, 0.15) is 11.6 Å². The number of rotatable bonds is 6. The number of benzene rings is 2. The molecule has 2 aromatic carbocycles. The summed E-state index contributed by atoms with van der Waals surface area (Å²) >= 11 is 2.40. The third-order valence-electron chi connectivity index (χ3n) is 5.14. The monoisotopic (exact) mass is 476 g/mol. The number of hydrogen-bond acceptors (Lipinski definition) is 1. The fraction of sp³-hybridized carbons (Fsp3) is 0.333. The van der Waals surface area contributed by atoms with E-state index in [1.165, 1.54) is 28.8 Å². The van der Waals surface area contributed by atoms with Gasteiger partial charge in [0.2, 0.25) is 0 Å². The van der Waals surface area contributed by atoms with E-state index in [1.807, 2.05) is 18.2 Å². The van der Waals surface area contributed by atoms with Crippen LogP contribution in [0.25, 0.3) is 3.58 Å². The molecule has 142 valence electrons. The van der Waals surface area contributed by atoms with Crippen LogP contribution in [0.1, 0.15) is 57.6 Å². The normalized spacial score (nSPS) is 21.4. The average molecular weight is 476 g/mol. The maximum Gasteiger partial charge on any atom is 0.153 e. The molecule has 1 aliphatic rings. The Morgan fingerprint density at radius 1 is 0.963 bits per heavy atom. The molecular formula is C24H26FIO. The Morgan fingerprint density at radius 3 is 2.19 bits per heavy atom. The molecule has 1 heterocycles. The van der Waals surface area contributed by atoms with Crippen molar-refractivity contribution in [3.63, 3.8) is 0 Å². The molecule has 1 unspecified atom stereocenters. The molecule has 3 heteroatoms. The van der Waals surface area contributed by atoms with Crippen molar-refractivity contribution in [1.82, 2.24) is 0 Å². The number of ether oxygens (including phenoxy) is 1. The highest BCUT2D eigenvalue weighted by Gasteiger charge is 2.43. The lowest BCUT2D eigenvalue weighted by molar-refractivity contribution is 0.0719. The van der Waals surface area contributed by atoms with Crippen LogP contribution in [-0.4, -0.2) is 0 Å². The predicted molar refractivity (Wildman–Crippen MR) is 119 cm³/mol. The van der Waals surface area contributed by atoms with Crippen LogP contribution in [0.15, 0.2) is 71.5 Å². The molecule has 0 amide bonds. The molecule has 1 atom stereocenters. The average Bonchev–Trinajstić information content (AvgIpc) is 2.96. The quantitative estimate of drug-likeness (QED) is 0.387. The first-order valence-electron chi connectivity index (χ1n) is 9.64. The summed E-state index contributed by atoms with van der Waals surface area (Å²) in [6.07, 6.45) is 4.08. The molecule has 3 rings (SSSR count). The van der Waals surface area contributed by atoms with Gasteiger partial charge in [-0.25, -0.2) is 4.39 Å². The van der Waals surface area contributed by atoms with E-state index >= 15 is 0 Å². The SMILES string of the molecule is CCCC1=C(CCC)C(C)(c2ccc(F)cc2)O/C1=C(\I)c1ccccc1. The summed E-state index contributed by atoms with van der Waals surface area (Å²) in [6.45, 7) is 6.53. The second-order valence-corrected chi connectivity index (χ2v) is 8.19. The molecule has 0 saturated heterocycles. The van der Waals surface area contributed by atoms with E-state index in [-0.39, 0.29) is 5.82 Å². The molecule has 0 fully saturated rings. The minimum Gasteiger partial charge on any atom is -0.477 e. The lowest BCUT2D eigenvalue weighted by atomic mass is 9.83. The number of hydrogen-bond donors (Lipinski definition) is 0. The zero-order valence-corrected chi connectivity index (χ0v) is 18.3. The van der Waals surface area contributed by atoms with Crippen LogP contribution in [-0.2, 0) is 10.3 Å². The van der Waals surface area contributed by atoms with Crippen molar-refractivity contribution >= 4 is 26.2 Å². The Balaban J connectivity index is 2.18. The van der Waals surface area contributed by atoms with E-state index < -0.39 is 5.60 Å². The second-order valence-electron chi connectivity index (χ2n) is 7.11. The fourth-order valence-electron chi connectivity index (χ4n) is 3.80. The summed E-state index contributed by atoms with van der Waals surface area (Å²) < 4.78 is 21.3. The molecule has 27 heavy (non-hydrogen) atoms. The first-order chi connectivity index (χ1) is 13.0. The van der Waals surface area contributed by atoms with Crippen LogP contribution in [0.2, 0.25) is 0 Å². The topological polar surface area (TPSA) is 9.23 Å². The van der Waals surface area contributed by atoms with Crippen molar-refractivity contribution in [3.8, 4) is 0 Å². The van der Waals surface area contributed by atoms with E-state index in [0.717, 1.165) is 40.6 Å². The Kier molecular flexibility index (Phi) is 6.40. The highest BCUT2D eigenvalue weighted by molar-refractivity contribution is 14.1. The Hall–Kier alpha value is -1.62. The summed E-state index contributed by atoms with van der Waals surface area (Å²) in [4.78, 5) is 0. The van der Waals surface area contributed by atoms with Crippen molar-refractivity contribution in [1.29, 1.82) is 0 Å². The maximum absolute atomic E-state index is 13.5. The van der Waals surface area contributed by atoms with Gasteiger partial charge in [-0.2, -0.15) is 0 Å². The van der Waals surface area contributed by atoms with Crippen LogP contribution < -0.4 is 0 Å². The third kappa shape index (κ3) is 3.98. The van der Waals surface area contributed by atoms with Gasteiger partial charge in [-0.1, -0.05) is 69.2 Å². The minimum atomic E-state index is -0.547. The summed E-state index contributed by atoms with van der Waals surface area (Å²) in [5.74, 6) is 0.767. The van der Waals surface area contributed by atoms with Gasteiger partial charge in [-0.3, -0.25) is 0 Å². The smallest absolute Gasteiger partial charge is 0.153 e. The van der Waals surface area contributed by atoms with Gasteiger partial charge < -0.3 is 4.74 Å². The summed E-state index contributed by atoms with van der Waals surface area (Å²) in [5.41, 5.74) is 4.28. The van der Waals surface area contributed by atoms with Crippen LogP contribution >= 0.6 is 22.6 Å². The molecule has 0 bridgehead atoms. The van der Waals surface area contributed by atoms with Crippen LogP contribution in [0.3, 0.4) is 0 Å². The summed E-state index contributed by atoms with van der Waals surface area (Å²) in [7, 11) is 0. The van der Waals surface area contributed by atoms with Crippen molar-refractivity contribution in [2.24, 2.45) is 0 Å². The van der Waals surface area contributed by atoms with Crippen molar-refractivity contribution in [2.45, 2.75) is 52.1 Å². The molecular weight excluding hydrogens is 450 g/mol. The van der Waals surface area contributed by atoms with Gasteiger partial charge in [0.15, 0.2) is 5.60 Å². The van der Waals surface area contributed by atoms with E-state index in [2.05, 4.69) is 67.6 Å². The molecule has 0 aliphatic carbocycles. The highest BCUT2D eigenvalue weighted by atomic mass is 127. The molecule has 0 spiro atoms. The molecule has 1 aliphatic heterocycles. The molecule has 0 saturated carbocycles. The lowest BCUT2D eigenvalue weighted by Gasteiger charge is -2.29. The van der Waals surface area contributed by atoms with Gasteiger partial charge in [-0.05, 0) is 76.8 Å². The van der Waals surface area contributed by atoms with Crippen LogP contribution in [0, 0.1) is 5.82 Å². The number of allylic oxidation sites excluding steroid dienone is 1. The predicted octanol–water partition coefficient (Wildman–Crippen LogP) is 7.77. The Bertz CT molecular complexity index is 852. The zero-order chi connectivity index (χ0) is 19.4. The van der Waals surface area contributed by atoms with E-state index in [4.69, 9.17) is 4.74 Å². The molecule has 0 aromatic heterocycles. The largest absolute Gasteiger partial charge is 0.477 e. The van der Waals surface area contributed by atoms with E-state index in [9.17, 15) is 4.39 Å². The van der Waals surface area contributed by atoms with Crippen LogP contribution in [0.5, 0.6) is 0 Å². The molecule has 0 radical (unpaired) electrons. The Morgan fingerprint density at radius 2 is 1.59 bits per heavy atom. The standard InChI is InChI=1S/C24H26FIO/c1-4-9-20-21(10-5-2)24(3,18-13-15-19(25)16-14-18)27-23(20)22(26)17-11-7-6-8-12-17/h6-8,11-16H,4-5,9-10H2,1-3H3/b23-22-.